The van der Waals surface area contributed by atoms with Crippen LogP contribution >= 0.6 is 0 Å². The molecular weight excluding hydrogens is 448 g/mol. The van der Waals surface area contributed by atoms with E-state index in [-0.39, 0.29) is 11.1 Å². The normalized spacial score (nSPS) is 10.8. The van der Waals surface area contributed by atoms with Crippen molar-refractivity contribution in [3.8, 4) is 11.1 Å². The summed E-state index contributed by atoms with van der Waals surface area (Å²) in [5, 5.41) is 6.94. The number of hydrogen-bond donors (Lipinski definition) is 3. The Morgan fingerprint density at radius 3 is 2.43 bits per heavy atom. The van der Waals surface area contributed by atoms with Crippen molar-refractivity contribution in [1.29, 1.82) is 0 Å². The zero-order chi connectivity index (χ0) is 24.4. The van der Waals surface area contributed by atoms with Crippen molar-refractivity contribution >= 4 is 39.6 Å². The summed E-state index contributed by atoms with van der Waals surface area (Å²) in [6.07, 6.45) is 4.90. The van der Waals surface area contributed by atoms with Gasteiger partial charge in [0, 0.05) is 52.3 Å². The Morgan fingerprint density at radius 1 is 0.800 bits per heavy atom. The van der Waals surface area contributed by atoms with Gasteiger partial charge >= 0.3 is 0 Å². The summed E-state index contributed by atoms with van der Waals surface area (Å²) < 4.78 is 29.3. The Hall–Kier alpha value is -4.85. The number of amides is 1. The van der Waals surface area contributed by atoms with Crippen LogP contribution in [0, 0.1) is 11.6 Å². The summed E-state index contributed by atoms with van der Waals surface area (Å²) in [7, 11) is 0. The maximum Gasteiger partial charge on any atom is 0.251 e. The quantitative estimate of drug-likeness (QED) is 0.278. The summed E-state index contributed by atoms with van der Waals surface area (Å²) >= 11 is 0. The predicted molar refractivity (Wildman–Crippen MR) is 133 cm³/mol. The molecule has 172 valence electrons. The lowest BCUT2D eigenvalue weighted by Gasteiger charge is -2.15. The highest BCUT2D eigenvalue weighted by atomic mass is 19.1. The van der Waals surface area contributed by atoms with E-state index in [0.717, 1.165) is 11.4 Å². The smallest absolute Gasteiger partial charge is 0.251 e. The number of carbonyl (C=O) groups excluding carboxylic acids is 1. The Bertz CT molecular complexity index is 1560. The molecule has 5 rings (SSSR count). The number of aromatic nitrogens is 2. The Morgan fingerprint density at radius 2 is 1.63 bits per heavy atom. The van der Waals surface area contributed by atoms with Crippen molar-refractivity contribution in [3.63, 3.8) is 0 Å². The number of benzene rings is 3. The van der Waals surface area contributed by atoms with Crippen LogP contribution in [0.4, 0.5) is 31.5 Å². The maximum absolute atomic E-state index is 15.4. The molecule has 6 nitrogen and oxygen atoms in total. The van der Waals surface area contributed by atoms with Gasteiger partial charge in [0.2, 0.25) is 0 Å². The standard InChI is InChI=1S/C27H19F2N5O/c28-17-4-5-24-22(13-17)25(8-11-32-24)34-20-14-21(26(29)23(15-20)27(30)35)16-2-1-3-19(12-16)33-18-6-9-31-10-7-18/h1-15H,(H2,30,35)(H,31,33)(H,32,34). The molecule has 0 radical (unpaired) electrons. The number of halogens is 2. The van der Waals surface area contributed by atoms with E-state index in [1.165, 1.54) is 18.2 Å². The van der Waals surface area contributed by atoms with Crippen LogP contribution in [0.5, 0.6) is 0 Å². The predicted octanol–water partition coefficient (Wildman–Crippen LogP) is 6.16. The molecule has 0 aliphatic carbocycles. The van der Waals surface area contributed by atoms with Crippen molar-refractivity contribution in [2.75, 3.05) is 10.6 Å². The number of anilines is 4. The second kappa shape index (κ2) is 9.18. The molecule has 3 aromatic carbocycles. The van der Waals surface area contributed by atoms with Gasteiger partial charge in [0.05, 0.1) is 11.1 Å². The fraction of sp³-hybridized carbons (Fsp3) is 0. The molecule has 0 unspecified atom stereocenters. The molecule has 4 N–H and O–H groups in total. The lowest BCUT2D eigenvalue weighted by atomic mass is 9.99. The van der Waals surface area contributed by atoms with Crippen molar-refractivity contribution in [3.05, 3.63) is 109 Å². The van der Waals surface area contributed by atoms with Gasteiger partial charge < -0.3 is 16.4 Å². The maximum atomic E-state index is 15.4. The number of fused-ring (bicyclic) bond motifs is 1. The van der Waals surface area contributed by atoms with Crippen LogP contribution in [0.15, 0.2) is 91.4 Å². The third-order valence-electron chi connectivity index (χ3n) is 5.46. The number of hydrogen-bond acceptors (Lipinski definition) is 5. The molecule has 35 heavy (non-hydrogen) atoms. The van der Waals surface area contributed by atoms with E-state index in [4.69, 9.17) is 5.73 Å². The van der Waals surface area contributed by atoms with Gasteiger partial charge in [-0.05, 0) is 66.2 Å². The van der Waals surface area contributed by atoms with Crippen LogP contribution in [0.25, 0.3) is 22.0 Å². The van der Waals surface area contributed by atoms with Crippen molar-refractivity contribution in [2.45, 2.75) is 0 Å². The average molecular weight is 467 g/mol. The summed E-state index contributed by atoms with van der Waals surface area (Å²) in [5.74, 6) is -2.04. The molecule has 0 aliphatic rings. The third kappa shape index (κ3) is 4.63. The summed E-state index contributed by atoms with van der Waals surface area (Å²) in [6, 6.07) is 19.6. The fourth-order valence-corrected chi connectivity index (χ4v) is 3.84. The largest absolute Gasteiger partial charge is 0.366 e. The van der Waals surface area contributed by atoms with E-state index in [1.54, 1.807) is 55.0 Å². The molecule has 0 fully saturated rings. The van der Waals surface area contributed by atoms with Gasteiger partial charge in [-0.15, -0.1) is 0 Å². The van der Waals surface area contributed by atoms with E-state index in [9.17, 15) is 9.18 Å². The summed E-state index contributed by atoms with van der Waals surface area (Å²) in [6.45, 7) is 0. The third-order valence-corrected chi connectivity index (χ3v) is 5.46. The van der Waals surface area contributed by atoms with Crippen molar-refractivity contribution in [1.82, 2.24) is 9.97 Å². The molecule has 5 aromatic rings. The van der Waals surface area contributed by atoms with Gasteiger partial charge in [-0.2, -0.15) is 0 Å². The van der Waals surface area contributed by atoms with Crippen LogP contribution in [-0.2, 0) is 0 Å². The van der Waals surface area contributed by atoms with Crippen molar-refractivity contribution < 1.29 is 13.6 Å². The van der Waals surface area contributed by atoms with Crippen LogP contribution in [-0.4, -0.2) is 15.9 Å². The highest BCUT2D eigenvalue weighted by Gasteiger charge is 2.17. The van der Waals surface area contributed by atoms with E-state index in [2.05, 4.69) is 20.6 Å². The molecule has 0 bridgehead atoms. The molecule has 0 aliphatic heterocycles. The van der Waals surface area contributed by atoms with Gasteiger partial charge in [-0.1, -0.05) is 12.1 Å². The minimum Gasteiger partial charge on any atom is -0.366 e. The second-order valence-electron chi connectivity index (χ2n) is 7.84. The first-order valence-corrected chi connectivity index (χ1v) is 10.7. The van der Waals surface area contributed by atoms with E-state index < -0.39 is 17.5 Å². The number of nitrogens with two attached hydrogens (primary N) is 1. The minimum atomic E-state index is -0.899. The molecule has 0 saturated heterocycles. The SMILES string of the molecule is NC(=O)c1cc(Nc2ccnc3ccc(F)cc23)cc(-c2cccc(Nc3ccncc3)c2)c1F. The Kier molecular flexibility index (Phi) is 5.76. The number of pyridine rings is 2. The number of rotatable bonds is 6. The van der Waals surface area contributed by atoms with Gasteiger partial charge in [-0.3, -0.25) is 14.8 Å². The summed E-state index contributed by atoms with van der Waals surface area (Å²) in [4.78, 5) is 20.3. The molecule has 0 saturated carbocycles. The van der Waals surface area contributed by atoms with Crippen LogP contribution < -0.4 is 16.4 Å². The number of nitrogens with zero attached hydrogens (tertiary/aromatic N) is 2. The number of primary amides is 1. The Labute approximate surface area is 199 Å². The Balaban J connectivity index is 1.57. The molecule has 2 heterocycles. The highest BCUT2D eigenvalue weighted by Crippen LogP contribution is 2.33. The number of nitrogens with one attached hydrogen (secondary N) is 2. The fourth-order valence-electron chi connectivity index (χ4n) is 3.84. The molecule has 1 amide bonds. The molecular formula is C27H19F2N5O. The zero-order valence-corrected chi connectivity index (χ0v) is 18.3. The van der Waals surface area contributed by atoms with Gasteiger partial charge in [0.1, 0.15) is 11.6 Å². The summed E-state index contributed by atoms with van der Waals surface area (Å²) in [5.41, 5.74) is 9.05. The number of carbonyl (C=O) groups is 1. The van der Waals surface area contributed by atoms with Crippen molar-refractivity contribution in [2.24, 2.45) is 5.73 Å². The molecule has 8 heteroatoms. The zero-order valence-electron chi connectivity index (χ0n) is 18.3. The van der Waals surface area contributed by atoms with Crippen LogP contribution in [0.1, 0.15) is 10.4 Å². The van der Waals surface area contributed by atoms with Gasteiger partial charge in [0.25, 0.3) is 5.91 Å². The van der Waals surface area contributed by atoms with Gasteiger partial charge in [0.15, 0.2) is 0 Å². The lowest BCUT2D eigenvalue weighted by Crippen LogP contribution is -2.14. The van der Waals surface area contributed by atoms with Crippen LogP contribution in [0.2, 0.25) is 0 Å². The van der Waals surface area contributed by atoms with E-state index >= 15 is 4.39 Å². The monoisotopic (exact) mass is 467 g/mol. The topological polar surface area (TPSA) is 92.9 Å². The minimum absolute atomic E-state index is 0.187. The first kappa shape index (κ1) is 22.0. The molecule has 0 spiro atoms. The average Bonchev–Trinajstić information content (AvgIpc) is 2.86. The van der Waals surface area contributed by atoms with Gasteiger partial charge in [-0.25, -0.2) is 8.78 Å². The second-order valence-corrected chi connectivity index (χ2v) is 7.84. The first-order valence-electron chi connectivity index (χ1n) is 10.7. The van der Waals surface area contributed by atoms with E-state index in [1.807, 2.05) is 18.2 Å². The molecule has 0 atom stereocenters. The van der Waals surface area contributed by atoms with Crippen LogP contribution in [0.3, 0.4) is 0 Å². The molecule has 2 aromatic heterocycles. The first-order chi connectivity index (χ1) is 17.0. The van der Waals surface area contributed by atoms with E-state index in [0.29, 0.717) is 27.8 Å². The highest BCUT2D eigenvalue weighted by molar-refractivity contribution is 5.98. The lowest BCUT2D eigenvalue weighted by molar-refractivity contribution is 0.0996.